The van der Waals surface area contributed by atoms with Crippen LogP contribution in [0.2, 0.25) is 0 Å². The maximum absolute atomic E-state index is 11.7. The molecule has 1 fully saturated rings. The summed E-state index contributed by atoms with van der Waals surface area (Å²) in [7, 11) is 0. The number of aliphatic hydroxyl groups is 1. The van der Waals surface area contributed by atoms with Crippen molar-refractivity contribution in [2.45, 2.75) is 12.8 Å². The van der Waals surface area contributed by atoms with Crippen LogP contribution in [0.25, 0.3) is 0 Å². The van der Waals surface area contributed by atoms with Crippen LogP contribution in [0.5, 0.6) is 0 Å². The molecule has 6 nitrogen and oxygen atoms in total. The van der Waals surface area contributed by atoms with E-state index in [1.807, 2.05) is 0 Å². The van der Waals surface area contributed by atoms with Gasteiger partial charge in [-0.15, -0.1) is 0 Å². The molecule has 18 heavy (non-hydrogen) atoms. The van der Waals surface area contributed by atoms with Gasteiger partial charge in [-0.05, 0) is 18.9 Å². The van der Waals surface area contributed by atoms with Crippen molar-refractivity contribution in [1.29, 1.82) is 0 Å². The molecule has 2 N–H and O–H groups in total. The van der Waals surface area contributed by atoms with Gasteiger partial charge in [0.1, 0.15) is 0 Å². The number of aromatic nitrogens is 2. The molecule has 1 amide bonds. The lowest BCUT2D eigenvalue weighted by atomic mass is 9.96. The van der Waals surface area contributed by atoms with Crippen molar-refractivity contribution in [3.8, 4) is 0 Å². The lowest BCUT2D eigenvalue weighted by molar-refractivity contribution is -0.125. The monoisotopic (exact) mass is 250 g/mol. The molecule has 0 aliphatic carbocycles. The summed E-state index contributed by atoms with van der Waals surface area (Å²) in [6.07, 6.45) is 5.05. The molecule has 0 aromatic carbocycles. The fraction of sp³-hybridized carbons (Fsp3) is 0.583. The molecule has 0 atom stereocenters. The number of amides is 1. The van der Waals surface area contributed by atoms with E-state index in [0.717, 1.165) is 31.9 Å². The quantitative estimate of drug-likeness (QED) is 0.774. The van der Waals surface area contributed by atoms with Gasteiger partial charge in [0.05, 0.1) is 6.61 Å². The molecule has 6 heteroatoms. The summed E-state index contributed by atoms with van der Waals surface area (Å²) in [4.78, 5) is 22.2. The third-order valence-electron chi connectivity index (χ3n) is 3.11. The zero-order chi connectivity index (χ0) is 12.8. The molecule has 0 unspecified atom stereocenters. The Hall–Kier alpha value is -1.69. The molecule has 1 saturated heterocycles. The van der Waals surface area contributed by atoms with Crippen LogP contribution < -0.4 is 10.2 Å². The van der Waals surface area contributed by atoms with Crippen molar-refractivity contribution < 1.29 is 9.90 Å². The minimum atomic E-state index is -0.0115. The highest BCUT2D eigenvalue weighted by Gasteiger charge is 2.25. The van der Waals surface area contributed by atoms with Crippen LogP contribution in [0.15, 0.2) is 18.5 Å². The van der Waals surface area contributed by atoms with Crippen LogP contribution in [0.1, 0.15) is 12.8 Å². The van der Waals surface area contributed by atoms with Gasteiger partial charge >= 0.3 is 0 Å². The highest BCUT2D eigenvalue weighted by atomic mass is 16.3. The average molecular weight is 250 g/mol. The number of nitrogens with one attached hydrogen (secondary N) is 1. The molecule has 98 valence electrons. The molecular weight excluding hydrogens is 232 g/mol. The van der Waals surface area contributed by atoms with Gasteiger partial charge in [0.2, 0.25) is 11.9 Å². The van der Waals surface area contributed by atoms with Crippen molar-refractivity contribution in [2.24, 2.45) is 5.92 Å². The first-order valence-corrected chi connectivity index (χ1v) is 6.22. The maximum atomic E-state index is 11.7. The SMILES string of the molecule is O=C(NCCO)C1CCN(c2ncccn2)CC1. The van der Waals surface area contributed by atoms with E-state index >= 15 is 0 Å². The van der Waals surface area contributed by atoms with Gasteiger partial charge in [-0.3, -0.25) is 4.79 Å². The Bertz CT molecular complexity index is 377. The zero-order valence-corrected chi connectivity index (χ0v) is 10.2. The normalized spacial score (nSPS) is 16.6. The largest absolute Gasteiger partial charge is 0.395 e. The van der Waals surface area contributed by atoms with Crippen molar-refractivity contribution in [3.63, 3.8) is 0 Å². The van der Waals surface area contributed by atoms with E-state index in [2.05, 4.69) is 20.2 Å². The summed E-state index contributed by atoms with van der Waals surface area (Å²) in [5, 5.41) is 11.4. The lowest BCUT2D eigenvalue weighted by Gasteiger charge is -2.31. The molecule has 0 radical (unpaired) electrons. The standard InChI is InChI=1S/C12H18N4O2/c17-9-6-13-11(18)10-2-7-16(8-3-10)12-14-4-1-5-15-12/h1,4-5,10,17H,2-3,6-9H2,(H,13,18). The van der Waals surface area contributed by atoms with E-state index in [1.165, 1.54) is 0 Å². The Kier molecular flexibility index (Phi) is 4.46. The lowest BCUT2D eigenvalue weighted by Crippen LogP contribution is -2.41. The van der Waals surface area contributed by atoms with Crippen molar-refractivity contribution in [3.05, 3.63) is 18.5 Å². The fourth-order valence-corrected chi connectivity index (χ4v) is 2.12. The second-order valence-corrected chi connectivity index (χ2v) is 4.32. The number of piperidine rings is 1. The number of aliphatic hydroxyl groups excluding tert-OH is 1. The van der Waals surface area contributed by atoms with E-state index in [9.17, 15) is 4.79 Å². The Labute approximate surface area is 106 Å². The topological polar surface area (TPSA) is 78.4 Å². The van der Waals surface area contributed by atoms with Gasteiger partial charge in [-0.2, -0.15) is 0 Å². The van der Waals surface area contributed by atoms with Crippen molar-refractivity contribution >= 4 is 11.9 Å². The number of hydrogen-bond donors (Lipinski definition) is 2. The Morgan fingerprint density at radius 3 is 2.67 bits per heavy atom. The average Bonchev–Trinajstić information content (AvgIpc) is 2.46. The number of nitrogens with zero attached hydrogens (tertiary/aromatic N) is 3. The highest BCUT2D eigenvalue weighted by Crippen LogP contribution is 2.20. The van der Waals surface area contributed by atoms with Gasteiger partial charge in [-0.25, -0.2) is 9.97 Å². The minimum absolute atomic E-state index is 0.0115. The second-order valence-electron chi connectivity index (χ2n) is 4.32. The van der Waals surface area contributed by atoms with E-state index < -0.39 is 0 Å². The van der Waals surface area contributed by atoms with Gasteiger partial charge < -0.3 is 15.3 Å². The van der Waals surface area contributed by atoms with Crippen LogP contribution in [-0.2, 0) is 4.79 Å². The molecule has 2 heterocycles. The van der Waals surface area contributed by atoms with Crippen LogP contribution in [0.3, 0.4) is 0 Å². The third-order valence-corrected chi connectivity index (χ3v) is 3.11. The van der Waals surface area contributed by atoms with Gasteiger partial charge in [0.25, 0.3) is 0 Å². The predicted molar refractivity (Wildman–Crippen MR) is 67.1 cm³/mol. The second kappa shape index (κ2) is 6.30. The Morgan fingerprint density at radius 2 is 2.06 bits per heavy atom. The van der Waals surface area contributed by atoms with E-state index in [-0.39, 0.29) is 18.4 Å². The molecular formula is C12H18N4O2. The summed E-state index contributed by atoms with van der Waals surface area (Å²) < 4.78 is 0. The first-order chi connectivity index (χ1) is 8.81. The zero-order valence-electron chi connectivity index (χ0n) is 10.2. The summed E-state index contributed by atoms with van der Waals surface area (Å²) in [6.45, 7) is 1.91. The van der Waals surface area contributed by atoms with Crippen LogP contribution >= 0.6 is 0 Å². The molecule has 1 aliphatic heterocycles. The molecule has 1 aromatic rings. The number of rotatable bonds is 4. The van der Waals surface area contributed by atoms with Crippen molar-refractivity contribution in [1.82, 2.24) is 15.3 Å². The summed E-state index contributed by atoms with van der Waals surface area (Å²) in [5.41, 5.74) is 0. The number of anilines is 1. The highest BCUT2D eigenvalue weighted by molar-refractivity contribution is 5.78. The fourth-order valence-electron chi connectivity index (χ4n) is 2.12. The van der Waals surface area contributed by atoms with Crippen LogP contribution in [0, 0.1) is 5.92 Å². The Morgan fingerprint density at radius 1 is 1.39 bits per heavy atom. The van der Waals surface area contributed by atoms with Gasteiger partial charge in [0.15, 0.2) is 0 Å². The molecule has 0 spiro atoms. The summed E-state index contributed by atoms with van der Waals surface area (Å²) >= 11 is 0. The summed E-state index contributed by atoms with van der Waals surface area (Å²) in [5.74, 6) is 0.806. The van der Waals surface area contributed by atoms with E-state index in [1.54, 1.807) is 18.5 Å². The first kappa shape index (κ1) is 12.8. The number of carbonyl (C=O) groups excluding carboxylic acids is 1. The third kappa shape index (κ3) is 3.16. The van der Waals surface area contributed by atoms with Gasteiger partial charge in [-0.1, -0.05) is 0 Å². The first-order valence-electron chi connectivity index (χ1n) is 6.22. The molecule has 0 saturated carbocycles. The number of hydrogen-bond acceptors (Lipinski definition) is 5. The molecule has 0 bridgehead atoms. The maximum Gasteiger partial charge on any atom is 0.225 e. The Balaban J connectivity index is 1.83. The summed E-state index contributed by atoms with van der Waals surface area (Å²) in [6, 6.07) is 1.79. The minimum Gasteiger partial charge on any atom is -0.395 e. The predicted octanol–water partition coefficient (Wildman–Crippen LogP) is -0.199. The smallest absolute Gasteiger partial charge is 0.225 e. The van der Waals surface area contributed by atoms with E-state index in [0.29, 0.717) is 6.54 Å². The number of carbonyl (C=O) groups is 1. The van der Waals surface area contributed by atoms with E-state index in [4.69, 9.17) is 5.11 Å². The van der Waals surface area contributed by atoms with Crippen molar-refractivity contribution in [2.75, 3.05) is 31.1 Å². The van der Waals surface area contributed by atoms with Crippen LogP contribution in [0.4, 0.5) is 5.95 Å². The van der Waals surface area contributed by atoms with Crippen LogP contribution in [-0.4, -0.2) is 47.2 Å². The molecule has 2 rings (SSSR count). The molecule has 1 aromatic heterocycles. The van der Waals surface area contributed by atoms with Gasteiger partial charge in [0, 0.05) is 37.9 Å². The molecule has 1 aliphatic rings.